The molecule has 1 aliphatic heterocycles. The van der Waals surface area contributed by atoms with Gasteiger partial charge in [0, 0.05) is 21.8 Å². The van der Waals surface area contributed by atoms with Crippen molar-refractivity contribution in [1.29, 1.82) is 5.26 Å². The van der Waals surface area contributed by atoms with E-state index < -0.39 is 5.91 Å². The standard InChI is InChI=1S/C17H12ClN5O/c18-10-5-7-11(8-6-10)21-17(24)14(9-19)15-12-3-1-2-4-13(12)16(22-15)23-20/h1-8H,20H2,(H,21,24)(H,22,23). The maximum absolute atomic E-state index is 12.5. The number of fused-ring (bicyclic) bond motifs is 1. The van der Waals surface area contributed by atoms with Crippen molar-refractivity contribution in [3.05, 3.63) is 70.3 Å². The lowest BCUT2D eigenvalue weighted by atomic mass is 10.0. The summed E-state index contributed by atoms with van der Waals surface area (Å²) in [6.45, 7) is 0. The van der Waals surface area contributed by atoms with Crippen LogP contribution in [-0.2, 0) is 4.79 Å². The molecule has 118 valence electrons. The van der Waals surface area contributed by atoms with Crippen LogP contribution in [0.4, 0.5) is 5.69 Å². The second-order valence-electron chi connectivity index (χ2n) is 4.95. The Labute approximate surface area is 143 Å². The predicted octanol–water partition coefficient (Wildman–Crippen LogP) is 2.44. The summed E-state index contributed by atoms with van der Waals surface area (Å²) >= 11 is 5.82. The smallest absolute Gasteiger partial charge is 0.268 e. The summed E-state index contributed by atoms with van der Waals surface area (Å²) in [5.41, 5.74) is 4.62. The van der Waals surface area contributed by atoms with Crippen LogP contribution < -0.4 is 16.6 Å². The van der Waals surface area contributed by atoms with E-state index in [-0.39, 0.29) is 11.3 Å². The molecule has 7 heteroatoms. The van der Waals surface area contributed by atoms with Crippen LogP contribution in [0.25, 0.3) is 5.70 Å². The quantitative estimate of drug-likeness (QED) is 0.339. The van der Waals surface area contributed by atoms with Crippen molar-refractivity contribution in [2.45, 2.75) is 0 Å². The summed E-state index contributed by atoms with van der Waals surface area (Å²) in [6.07, 6.45) is 0. The fraction of sp³-hybridized carbons (Fsp3) is 0. The zero-order chi connectivity index (χ0) is 17.1. The van der Waals surface area contributed by atoms with Crippen molar-refractivity contribution < 1.29 is 4.79 Å². The first-order valence-corrected chi connectivity index (χ1v) is 7.38. The van der Waals surface area contributed by atoms with Gasteiger partial charge in [-0.05, 0) is 24.3 Å². The molecular weight excluding hydrogens is 326 g/mol. The summed E-state index contributed by atoms with van der Waals surface area (Å²) in [4.78, 5) is 16.8. The van der Waals surface area contributed by atoms with Gasteiger partial charge in [0.05, 0.1) is 5.70 Å². The molecule has 0 saturated heterocycles. The molecule has 2 aromatic rings. The molecule has 0 aromatic heterocycles. The maximum atomic E-state index is 12.5. The number of nitrogens with one attached hydrogen (secondary N) is 2. The average molecular weight is 338 g/mol. The van der Waals surface area contributed by atoms with E-state index in [2.05, 4.69) is 15.7 Å². The molecule has 2 aromatic carbocycles. The Morgan fingerprint density at radius 3 is 2.42 bits per heavy atom. The first-order valence-electron chi connectivity index (χ1n) is 7.00. The summed E-state index contributed by atoms with van der Waals surface area (Å²) in [5, 5.41) is 12.7. The zero-order valence-electron chi connectivity index (χ0n) is 12.4. The molecule has 0 bridgehead atoms. The Morgan fingerprint density at radius 2 is 1.79 bits per heavy atom. The lowest BCUT2D eigenvalue weighted by molar-refractivity contribution is -0.112. The Balaban J connectivity index is 2.00. The number of nitrogens with zero attached hydrogens (tertiary/aromatic N) is 2. The van der Waals surface area contributed by atoms with E-state index >= 15 is 0 Å². The third-order valence-corrected chi connectivity index (χ3v) is 3.73. The number of halogens is 1. The molecule has 0 radical (unpaired) electrons. The van der Waals surface area contributed by atoms with Crippen molar-refractivity contribution in [1.82, 2.24) is 5.43 Å². The normalized spacial score (nSPS) is 14.3. The lowest BCUT2D eigenvalue weighted by Crippen LogP contribution is -2.29. The number of hydrazine groups is 1. The number of aliphatic imine (C=N–C) groups is 1. The molecule has 24 heavy (non-hydrogen) atoms. The number of rotatable bonds is 2. The highest BCUT2D eigenvalue weighted by Gasteiger charge is 2.25. The van der Waals surface area contributed by atoms with E-state index in [1.165, 1.54) is 0 Å². The number of amidine groups is 1. The second kappa shape index (κ2) is 6.54. The van der Waals surface area contributed by atoms with Gasteiger partial charge in [-0.25, -0.2) is 10.8 Å². The van der Waals surface area contributed by atoms with E-state index in [0.29, 0.717) is 22.1 Å². The van der Waals surface area contributed by atoms with Gasteiger partial charge in [-0.2, -0.15) is 5.26 Å². The highest BCUT2D eigenvalue weighted by atomic mass is 35.5. The van der Waals surface area contributed by atoms with Gasteiger partial charge in [0.25, 0.3) is 5.91 Å². The van der Waals surface area contributed by atoms with Crippen molar-refractivity contribution >= 4 is 34.7 Å². The molecule has 6 nitrogen and oxygen atoms in total. The number of hydrogen-bond donors (Lipinski definition) is 3. The molecule has 1 heterocycles. The largest absolute Gasteiger partial charge is 0.321 e. The molecule has 0 saturated carbocycles. The number of hydrogen-bond acceptors (Lipinski definition) is 5. The molecule has 0 spiro atoms. The highest BCUT2D eigenvalue weighted by Crippen LogP contribution is 2.30. The predicted molar refractivity (Wildman–Crippen MR) is 92.9 cm³/mol. The van der Waals surface area contributed by atoms with E-state index in [0.717, 1.165) is 5.56 Å². The van der Waals surface area contributed by atoms with Crippen LogP contribution >= 0.6 is 11.6 Å². The van der Waals surface area contributed by atoms with Gasteiger partial charge in [0.1, 0.15) is 17.5 Å². The number of nitriles is 1. The third-order valence-electron chi connectivity index (χ3n) is 3.48. The summed E-state index contributed by atoms with van der Waals surface area (Å²) in [5.74, 6) is 5.33. The van der Waals surface area contributed by atoms with E-state index in [4.69, 9.17) is 17.4 Å². The number of amides is 1. The Morgan fingerprint density at radius 1 is 1.12 bits per heavy atom. The molecule has 3 rings (SSSR count). The lowest BCUT2D eigenvalue weighted by Gasteiger charge is -2.06. The maximum Gasteiger partial charge on any atom is 0.268 e. The number of nitrogens with two attached hydrogens (primary N) is 1. The molecule has 0 unspecified atom stereocenters. The minimum atomic E-state index is -0.549. The van der Waals surface area contributed by atoms with Gasteiger partial charge in [-0.1, -0.05) is 35.9 Å². The summed E-state index contributed by atoms with van der Waals surface area (Å²) < 4.78 is 0. The zero-order valence-corrected chi connectivity index (χ0v) is 13.1. The SMILES string of the molecule is N#CC(C(=O)Nc1ccc(Cl)cc1)=C1N=C(NN)c2ccccc21. The van der Waals surface area contributed by atoms with Crippen molar-refractivity contribution in [3.63, 3.8) is 0 Å². The molecule has 0 aliphatic carbocycles. The van der Waals surface area contributed by atoms with Crippen molar-refractivity contribution in [2.24, 2.45) is 10.8 Å². The van der Waals surface area contributed by atoms with Gasteiger partial charge in [-0.15, -0.1) is 0 Å². The Bertz CT molecular complexity index is 909. The van der Waals surface area contributed by atoms with Gasteiger partial charge in [0.15, 0.2) is 0 Å². The van der Waals surface area contributed by atoms with E-state index in [1.807, 2.05) is 18.2 Å². The molecule has 0 atom stereocenters. The van der Waals surface area contributed by atoms with Gasteiger partial charge in [-0.3, -0.25) is 4.79 Å². The third kappa shape index (κ3) is 2.86. The van der Waals surface area contributed by atoms with Crippen LogP contribution in [0.3, 0.4) is 0 Å². The highest BCUT2D eigenvalue weighted by molar-refractivity contribution is 6.30. The Hall–Kier alpha value is -3.14. The minimum Gasteiger partial charge on any atom is -0.321 e. The molecule has 1 amide bonds. The second-order valence-corrected chi connectivity index (χ2v) is 5.38. The van der Waals surface area contributed by atoms with Crippen LogP contribution in [0.1, 0.15) is 11.1 Å². The number of benzene rings is 2. The minimum absolute atomic E-state index is 0.0948. The first-order chi connectivity index (χ1) is 11.6. The topological polar surface area (TPSA) is 103 Å². The first kappa shape index (κ1) is 15.7. The fourth-order valence-electron chi connectivity index (χ4n) is 2.37. The molecule has 1 aliphatic rings. The van der Waals surface area contributed by atoms with E-state index in [9.17, 15) is 10.1 Å². The number of carbonyl (C=O) groups is 1. The van der Waals surface area contributed by atoms with Crippen LogP contribution in [0.2, 0.25) is 5.02 Å². The van der Waals surface area contributed by atoms with E-state index in [1.54, 1.807) is 36.4 Å². The van der Waals surface area contributed by atoms with Crippen molar-refractivity contribution in [2.75, 3.05) is 5.32 Å². The van der Waals surface area contributed by atoms with Gasteiger partial charge in [0.2, 0.25) is 0 Å². The molecule has 4 N–H and O–H groups in total. The van der Waals surface area contributed by atoms with Gasteiger partial charge >= 0.3 is 0 Å². The molecule has 0 fully saturated rings. The van der Waals surface area contributed by atoms with Crippen LogP contribution in [-0.4, -0.2) is 11.7 Å². The van der Waals surface area contributed by atoms with Crippen LogP contribution in [0.5, 0.6) is 0 Å². The monoisotopic (exact) mass is 337 g/mol. The average Bonchev–Trinajstić information content (AvgIpc) is 2.96. The number of anilines is 1. The van der Waals surface area contributed by atoms with Crippen LogP contribution in [0.15, 0.2) is 59.1 Å². The Kier molecular flexibility index (Phi) is 4.29. The van der Waals surface area contributed by atoms with Gasteiger partial charge < -0.3 is 10.7 Å². The van der Waals surface area contributed by atoms with Crippen LogP contribution in [0, 0.1) is 11.3 Å². The molecular formula is C17H12ClN5O. The fourth-order valence-corrected chi connectivity index (χ4v) is 2.49. The number of carbonyl (C=O) groups excluding carboxylic acids is 1. The summed E-state index contributed by atoms with van der Waals surface area (Å²) in [6, 6.07) is 15.8. The summed E-state index contributed by atoms with van der Waals surface area (Å²) in [7, 11) is 0. The van der Waals surface area contributed by atoms with Crippen molar-refractivity contribution in [3.8, 4) is 6.07 Å².